The molecule has 0 spiro atoms. The number of benzene rings is 1. The lowest BCUT2D eigenvalue weighted by molar-refractivity contribution is 0.0879. The van der Waals surface area contributed by atoms with Gasteiger partial charge in [0.05, 0.1) is 16.8 Å². The number of aromatic nitrogens is 1. The summed E-state index contributed by atoms with van der Waals surface area (Å²) in [4.78, 5) is 39.0. The number of fused-ring (bicyclic) bond motifs is 1. The van der Waals surface area contributed by atoms with Crippen LogP contribution in [0.4, 0.5) is 10.5 Å². The van der Waals surface area contributed by atoms with Crippen molar-refractivity contribution in [2.75, 3.05) is 11.9 Å². The van der Waals surface area contributed by atoms with Crippen LogP contribution in [0.2, 0.25) is 0 Å². The first kappa shape index (κ1) is 14.8. The van der Waals surface area contributed by atoms with E-state index >= 15 is 0 Å². The quantitative estimate of drug-likeness (QED) is 0.735. The van der Waals surface area contributed by atoms with E-state index in [4.69, 9.17) is 4.42 Å². The fourth-order valence-electron chi connectivity index (χ4n) is 2.25. The zero-order valence-electron chi connectivity index (χ0n) is 12.3. The molecular formula is C15H14N4O4. The molecule has 23 heavy (non-hydrogen) atoms. The standard InChI is InChI=1S/C15H14N4O4/c1-8-17-10(7-23-8)4-5-16-15(22)18-9-2-3-11-12(6-9)14(21)19-13(11)20/h2-3,6-7H,4-5H2,1H3,(H2,16,18,22)(H,19,20,21). The van der Waals surface area contributed by atoms with Gasteiger partial charge in [-0.05, 0) is 18.2 Å². The van der Waals surface area contributed by atoms with Crippen molar-refractivity contribution >= 4 is 23.5 Å². The van der Waals surface area contributed by atoms with Gasteiger partial charge in [-0.2, -0.15) is 0 Å². The third-order valence-corrected chi connectivity index (χ3v) is 3.33. The lowest BCUT2D eigenvalue weighted by atomic mass is 10.1. The Bertz CT molecular complexity index is 797. The topological polar surface area (TPSA) is 113 Å². The third kappa shape index (κ3) is 3.20. The van der Waals surface area contributed by atoms with Gasteiger partial charge in [-0.1, -0.05) is 0 Å². The predicted octanol–water partition coefficient (Wildman–Crippen LogP) is 1.23. The Balaban J connectivity index is 1.55. The van der Waals surface area contributed by atoms with Crippen molar-refractivity contribution in [1.82, 2.24) is 15.6 Å². The normalized spacial score (nSPS) is 12.7. The van der Waals surface area contributed by atoms with Crippen LogP contribution in [0.3, 0.4) is 0 Å². The second kappa shape index (κ2) is 5.91. The van der Waals surface area contributed by atoms with Gasteiger partial charge in [-0.15, -0.1) is 0 Å². The van der Waals surface area contributed by atoms with Crippen LogP contribution in [0.5, 0.6) is 0 Å². The molecule has 3 N–H and O–H groups in total. The number of imide groups is 1. The van der Waals surface area contributed by atoms with E-state index in [9.17, 15) is 14.4 Å². The van der Waals surface area contributed by atoms with Crippen LogP contribution in [0, 0.1) is 6.92 Å². The Morgan fingerprint density at radius 2 is 2.04 bits per heavy atom. The monoisotopic (exact) mass is 314 g/mol. The van der Waals surface area contributed by atoms with Gasteiger partial charge in [0.25, 0.3) is 11.8 Å². The number of amides is 4. The molecule has 0 radical (unpaired) electrons. The van der Waals surface area contributed by atoms with Crippen LogP contribution in [0.25, 0.3) is 0 Å². The Morgan fingerprint density at radius 1 is 1.26 bits per heavy atom. The molecule has 0 bridgehead atoms. The van der Waals surface area contributed by atoms with E-state index in [1.807, 2.05) is 0 Å². The number of rotatable bonds is 4. The highest BCUT2D eigenvalue weighted by atomic mass is 16.3. The Kier molecular flexibility index (Phi) is 3.80. The lowest BCUT2D eigenvalue weighted by Crippen LogP contribution is -2.30. The summed E-state index contributed by atoms with van der Waals surface area (Å²) in [5.74, 6) is -0.310. The summed E-state index contributed by atoms with van der Waals surface area (Å²) in [6, 6.07) is 4.13. The van der Waals surface area contributed by atoms with Gasteiger partial charge in [-0.3, -0.25) is 14.9 Å². The van der Waals surface area contributed by atoms with Gasteiger partial charge in [0.15, 0.2) is 5.89 Å². The molecular weight excluding hydrogens is 300 g/mol. The van der Waals surface area contributed by atoms with Gasteiger partial charge in [0.2, 0.25) is 0 Å². The van der Waals surface area contributed by atoms with Crippen molar-refractivity contribution < 1.29 is 18.8 Å². The minimum atomic E-state index is -0.463. The Hall–Kier alpha value is -3.16. The highest BCUT2D eigenvalue weighted by molar-refractivity contribution is 6.21. The predicted molar refractivity (Wildman–Crippen MR) is 80.2 cm³/mol. The van der Waals surface area contributed by atoms with Gasteiger partial charge in [0, 0.05) is 25.6 Å². The summed E-state index contributed by atoms with van der Waals surface area (Å²) >= 11 is 0. The molecule has 1 aromatic heterocycles. The zero-order valence-corrected chi connectivity index (χ0v) is 12.3. The summed E-state index contributed by atoms with van der Waals surface area (Å²) in [7, 11) is 0. The molecule has 2 aromatic rings. The minimum Gasteiger partial charge on any atom is -0.449 e. The van der Waals surface area contributed by atoms with E-state index in [1.54, 1.807) is 19.3 Å². The highest BCUT2D eigenvalue weighted by Gasteiger charge is 2.26. The lowest BCUT2D eigenvalue weighted by Gasteiger charge is -2.07. The smallest absolute Gasteiger partial charge is 0.319 e. The summed E-state index contributed by atoms with van der Waals surface area (Å²) in [6.07, 6.45) is 2.09. The number of oxazole rings is 1. The molecule has 0 saturated heterocycles. The summed E-state index contributed by atoms with van der Waals surface area (Å²) in [5, 5.41) is 7.49. The minimum absolute atomic E-state index is 0.255. The molecule has 118 valence electrons. The van der Waals surface area contributed by atoms with Crippen molar-refractivity contribution in [2.45, 2.75) is 13.3 Å². The van der Waals surface area contributed by atoms with Crippen molar-refractivity contribution in [3.63, 3.8) is 0 Å². The van der Waals surface area contributed by atoms with Crippen LogP contribution in [0.1, 0.15) is 32.3 Å². The van der Waals surface area contributed by atoms with Crippen LogP contribution in [0.15, 0.2) is 28.9 Å². The first-order valence-corrected chi connectivity index (χ1v) is 6.98. The molecule has 4 amide bonds. The Morgan fingerprint density at radius 3 is 2.78 bits per heavy atom. The summed E-state index contributed by atoms with van der Waals surface area (Å²) in [6.45, 7) is 2.14. The molecule has 1 aromatic carbocycles. The molecule has 8 heteroatoms. The van der Waals surface area contributed by atoms with Crippen molar-refractivity contribution in [1.29, 1.82) is 0 Å². The Labute approximate surface area is 131 Å². The summed E-state index contributed by atoms with van der Waals surface area (Å²) in [5.41, 5.74) is 1.76. The number of hydrogen-bond donors (Lipinski definition) is 3. The first-order chi connectivity index (χ1) is 11.0. The fourth-order valence-corrected chi connectivity index (χ4v) is 2.25. The number of urea groups is 1. The maximum absolute atomic E-state index is 11.8. The second-order valence-corrected chi connectivity index (χ2v) is 5.03. The van der Waals surface area contributed by atoms with Gasteiger partial charge < -0.3 is 15.1 Å². The van der Waals surface area contributed by atoms with Crippen LogP contribution in [-0.4, -0.2) is 29.4 Å². The van der Waals surface area contributed by atoms with E-state index in [0.29, 0.717) is 30.1 Å². The molecule has 3 rings (SSSR count). The average Bonchev–Trinajstić information content (AvgIpc) is 3.03. The number of carbonyl (C=O) groups excluding carboxylic acids is 3. The molecule has 0 atom stereocenters. The third-order valence-electron chi connectivity index (χ3n) is 3.33. The van der Waals surface area contributed by atoms with E-state index < -0.39 is 17.8 Å². The number of anilines is 1. The van der Waals surface area contributed by atoms with E-state index in [-0.39, 0.29) is 5.56 Å². The SMILES string of the molecule is Cc1nc(CCNC(=O)Nc2ccc3c(c2)C(=O)NC3=O)co1. The number of carbonyl (C=O) groups is 3. The van der Waals surface area contributed by atoms with Crippen LogP contribution >= 0.6 is 0 Å². The van der Waals surface area contributed by atoms with Gasteiger partial charge in [0.1, 0.15) is 6.26 Å². The molecule has 1 aliphatic heterocycles. The number of hydrogen-bond acceptors (Lipinski definition) is 5. The van der Waals surface area contributed by atoms with Crippen molar-refractivity contribution in [3.8, 4) is 0 Å². The molecule has 1 aliphatic rings. The van der Waals surface area contributed by atoms with Crippen LogP contribution < -0.4 is 16.0 Å². The second-order valence-electron chi connectivity index (χ2n) is 5.03. The van der Waals surface area contributed by atoms with Crippen LogP contribution in [-0.2, 0) is 6.42 Å². The zero-order chi connectivity index (χ0) is 16.4. The number of nitrogens with one attached hydrogen (secondary N) is 3. The molecule has 2 heterocycles. The molecule has 0 unspecified atom stereocenters. The first-order valence-electron chi connectivity index (χ1n) is 6.98. The van der Waals surface area contributed by atoms with Gasteiger partial charge >= 0.3 is 6.03 Å². The molecule has 0 aliphatic carbocycles. The molecule has 8 nitrogen and oxygen atoms in total. The van der Waals surface area contributed by atoms with E-state index in [1.165, 1.54) is 12.1 Å². The van der Waals surface area contributed by atoms with Crippen molar-refractivity contribution in [2.24, 2.45) is 0 Å². The molecule has 0 saturated carbocycles. The average molecular weight is 314 g/mol. The highest BCUT2D eigenvalue weighted by Crippen LogP contribution is 2.20. The van der Waals surface area contributed by atoms with Gasteiger partial charge in [-0.25, -0.2) is 9.78 Å². The summed E-state index contributed by atoms with van der Waals surface area (Å²) < 4.78 is 5.07. The van der Waals surface area contributed by atoms with Crippen molar-refractivity contribution in [3.05, 3.63) is 47.2 Å². The molecule has 0 fully saturated rings. The van der Waals surface area contributed by atoms with E-state index in [0.717, 1.165) is 5.69 Å². The number of nitrogens with zero attached hydrogens (tertiary/aromatic N) is 1. The largest absolute Gasteiger partial charge is 0.449 e. The van der Waals surface area contributed by atoms with E-state index in [2.05, 4.69) is 20.9 Å². The number of aryl methyl sites for hydroxylation is 1. The maximum atomic E-state index is 11.8. The maximum Gasteiger partial charge on any atom is 0.319 e. The fraction of sp³-hybridized carbons (Fsp3) is 0.200.